The van der Waals surface area contributed by atoms with Gasteiger partial charge in [-0.05, 0) is 19.3 Å². The minimum atomic E-state index is -3.48. The molecule has 2 rings (SSSR count). The molecule has 1 aromatic heterocycles. The van der Waals surface area contributed by atoms with Gasteiger partial charge in [-0.15, -0.1) is 0 Å². The van der Waals surface area contributed by atoms with Gasteiger partial charge < -0.3 is 14.4 Å². The van der Waals surface area contributed by atoms with Crippen molar-refractivity contribution in [3.05, 3.63) is 17.7 Å². The van der Waals surface area contributed by atoms with Gasteiger partial charge in [-0.25, -0.2) is 22.9 Å². The van der Waals surface area contributed by atoms with Crippen LogP contribution >= 0.6 is 0 Å². The lowest BCUT2D eigenvalue weighted by Gasteiger charge is -2.16. The van der Waals surface area contributed by atoms with Crippen molar-refractivity contribution in [2.24, 2.45) is 7.05 Å². The lowest BCUT2D eigenvalue weighted by atomic mass is 10.3. The Morgan fingerprint density at radius 2 is 2.24 bits per heavy atom. The molecule has 0 bridgehead atoms. The van der Waals surface area contributed by atoms with Crippen molar-refractivity contribution in [2.45, 2.75) is 30.6 Å². The average Bonchev–Trinajstić information content (AvgIpc) is 3.13. The Kier molecular flexibility index (Phi) is 4.35. The van der Waals surface area contributed by atoms with Crippen LogP contribution in [-0.4, -0.2) is 47.5 Å². The van der Waals surface area contributed by atoms with Crippen LogP contribution in [-0.2, 0) is 28.4 Å². The van der Waals surface area contributed by atoms with Gasteiger partial charge in [-0.3, -0.25) is 0 Å². The Morgan fingerprint density at radius 1 is 1.57 bits per heavy atom. The molecule has 1 aromatic rings. The maximum absolute atomic E-state index is 12.3. The molecule has 2 N–H and O–H groups in total. The van der Waals surface area contributed by atoms with E-state index in [4.69, 9.17) is 9.84 Å². The zero-order chi connectivity index (χ0) is 15.7. The third-order valence-electron chi connectivity index (χ3n) is 3.86. The number of hydrogen-bond donors (Lipinski definition) is 2. The highest BCUT2D eigenvalue weighted by atomic mass is 32.2. The van der Waals surface area contributed by atoms with E-state index in [0.717, 1.165) is 0 Å². The van der Waals surface area contributed by atoms with Crippen molar-refractivity contribution < 1.29 is 23.1 Å². The number of carbonyl (C=O) groups is 1. The number of ether oxygens (including phenoxy) is 1. The smallest absolute Gasteiger partial charge is 0.354 e. The number of sulfonamides is 1. The second-order valence-electron chi connectivity index (χ2n) is 5.17. The fourth-order valence-corrected chi connectivity index (χ4v) is 3.82. The Hall–Kier alpha value is -1.45. The topological polar surface area (TPSA) is 111 Å². The number of nitrogens with one attached hydrogen (secondary N) is 1. The first kappa shape index (κ1) is 15.9. The molecule has 0 radical (unpaired) electrons. The third-order valence-corrected chi connectivity index (χ3v) is 6.14. The highest BCUT2D eigenvalue weighted by molar-refractivity contribution is 7.91. The first-order chi connectivity index (χ1) is 9.83. The molecule has 0 spiro atoms. The minimum Gasteiger partial charge on any atom is -0.477 e. The highest BCUT2D eigenvalue weighted by Crippen LogP contribution is 2.45. The second-order valence-corrected chi connectivity index (χ2v) is 7.34. The van der Waals surface area contributed by atoms with Gasteiger partial charge >= 0.3 is 5.97 Å². The molecule has 1 fully saturated rings. The molecular weight excluding hydrogens is 298 g/mol. The predicted molar refractivity (Wildman–Crippen MR) is 74.4 cm³/mol. The van der Waals surface area contributed by atoms with Gasteiger partial charge in [0.05, 0.1) is 17.5 Å². The molecule has 1 saturated carbocycles. The van der Waals surface area contributed by atoms with Crippen LogP contribution in [0.25, 0.3) is 0 Å². The Balaban J connectivity index is 2.04. The first-order valence-electron chi connectivity index (χ1n) is 6.55. The van der Waals surface area contributed by atoms with E-state index < -0.39 is 20.7 Å². The van der Waals surface area contributed by atoms with Crippen molar-refractivity contribution in [1.29, 1.82) is 0 Å². The van der Waals surface area contributed by atoms with E-state index in [1.165, 1.54) is 24.9 Å². The molecule has 1 aliphatic carbocycles. The van der Waals surface area contributed by atoms with Crippen LogP contribution in [0.5, 0.6) is 0 Å². The maximum Gasteiger partial charge on any atom is 0.354 e. The molecular formula is C12H19N3O5S. The normalized spacial score (nSPS) is 16.9. The van der Waals surface area contributed by atoms with Crippen molar-refractivity contribution in [3.63, 3.8) is 0 Å². The summed E-state index contributed by atoms with van der Waals surface area (Å²) in [5, 5.41) is 8.93. The van der Waals surface area contributed by atoms with Crippen molar-refractivity contribution in [2.75, 3.05) is 13.7 Å². The molecule has 0 atom stereocenters. The summed E-state index contributed by atoms with van der Waals surface area (Å²) in [6, 6.07) is 0. The van der Waals surface area contributed by atoms with Gasteiger partial charge in [0.2, 0.25) is 10.0 Å². The summed E-state index contributed by atoms with van der Waals surface area (Å²) >= 11 is 0. The molecule has 0 amide bonds. The second kappa shape index (κ2) is 5.74. The van der Waals surface area contributed by atoms with Crippen LogP contribution < -0.4 is 4.72 Å². The van der Waals surface area contributed by atoms with Gasteiger partial charge in [0.25, 0.3) is 0 Å². The number of aromatic carboxylic acids is 1. The van der Waals surface area contributed by atoms with Crippen molar-refractivity contribution in [3.8, 4) is 0 Å². The number of hydrogen-bond acceptors (Lipinski definition) is 5. The largest absolute Gasteiger partial charge is 0.477 e. The molecule has 1 aliphatic rings. The summed E-state index contributed by atoms with van der Waals surface area (Å²) in [6.45, 7) is 0.368. The number of rotatable bonds is 8. The number of methoxy groups -OCH3 is 1. The lowest BCUT2D eigenvalue weighted by Crippen LogP contribution is -2.37. The van der Waals surface area contributed by atoms with Crippen LogP contribution in [0.2, 0.25) is 0 Å². The van der Waals surface area contributed by atoms with Gasteiger partial charge in [-0.1, -0.05) is 0 Å². The summed E-state index contributed by atoms with van der Waals surface area (Å²) in [7, 11) is -0.399. The van der Waals surface area contributed by atoms with Crippen LogP contribution in [0.3, 0.4) is 0 Å². The quantitative estimate of drug-likeness (QED) is 0.704. The van der Waals surface area contributed by atoms with Gasteiger partial charge in [0.1, 0.15) is 11.5 Å². The highest BCUT2D eigenvalue weighted by Gasteiger charge is 2.53. The fourth-order valence-electron chi connectivity index (χ4n) is 2.20. The monoisotopic (exact) mass is 317 g/mol. The Labute approximate surface area is 123 Å². The first-order valence-corrected chi connectivity index (χ1v) is 8.03. The van der Waals surface area contributed by atoms with E-state index in [1.54, 1.807) is 0 Å². The number of carboxylic acids is 1. The lowest BCUT2D eigenvalue weighted by molar-refractivity contribution is 0.0686. The van der Waals surface area contributed by atoms with Crippen LogP contribution in [0.15, 0.2) is 6.20 Å². The predicted octanol–water partition coefficient (Wildman–Crippen LogP) is 0.107. The number of aromatic nitrogens is 2. The molecule has 21 heavy (non-hydrogen) atoms. The van der Waals surface area contributed by atoms with E-state index >= 15 is 0 Å². The summed E-state index contributed by atoms with van der Waals surface area (Å²) in [6.07, 6.45) is 2.91. The number of nitrogens with zero attached hydrogens (tertiary/aromatic N) is 2. The summed E-state index contributed by atoms with van der Waals surface area (Å²) in [4.78, 5) is 14.8. The van der Waals surface area contributed by atoms with Gasteiger partial charge in [-0.2, -0.15) is 0 Å². The summed E-state index contributed by atoms with van der Waals surface area (Å²) < 4.78 is 32.7. The van der Waals surface area contributed by atoms with Crippen LogP contribution in [0, 0.1) is 0 Å². The zero-order valence-corrected chi connectivity index (χ0v) is 12.8. The average molecular weight is 317 g/mol. The molecule has 118 valence electrons. The third kappa shape index (κ3) is 3.09. The van der Waals surface area contributed by atoms with E-state index in [-0.39, 0.29) is 12.2 Å². The molecule has 0 saturated heterocycles. The van der Waals surface area contributed by atoms with E-state index in [0.29, 0.717) is 31.7 Å². The maximum atomic E-state index is 12.3. The van der Waals surface area contributed by atoms with Crippen molar-refractivity contribution >= 4 is 16.0 Å². The van der Waals surface area contributed by atoms with E-state index in [1.807, 2.05) is 0 Å². The van der Waals surface area contributed by atoms with Crippen LogP contribution in [0.4, 0.5) is 0 Å². The molecule has 8 nitrogen and oxygen atoms in total. The summed E-state index contributed by atoms with van der Waals surface area (Å²) in [5.41, 5.74) is 0.0183. The van der Waals surface area contributed by atoms with Crippen molar-refractivity contribution in [1.82, 2.24) is 14.3 Å². The molecule has 9 heteroatoms. The van der Waals surface area contributed by atoms with Crippen LogP contribution in [0.1, 0.15) is 35.6 Å². The fraction of sp³-hybridized carbons (Fsp3) is 0.667. The standard InChI is InChI=1S/C12H19N3O5S/c1-15-9(11(16)17)7-13-10(15)8-14-21(18,19)12(3-4-12)5-6-20-2/h7,14H,3-6,8H2,1-2H3,(H,16,17). The van der Waals surface area contributed by atoms with E-state index in [9.17, 15) is 13.2 Å². The Morgan fingerprint density at radius 3 is 2.71 bits per heavy atom. The van der Waals surface area contributed by atoms with Gasteiger partial charge in [0.15, 0.2) is 0 Å². The van der Waals surface area contributed by atoms with E-state index in [2.05, 4.69) is 9.71 Å². The molecule has 0 aromatic carbocycles. The number of imidazole rings is 1. The minimum absolute atomic E-state index is 0.0183. The summed E-state index contributed by atoms with van der Waals surface area (Å²) in [5.74, 6) is -0.739. The molecule has 0 unspecified atom stereocenters. The zero-order valence-electron chi connectivity index (χ0n) is 12.0. The SMILES string of the molecule is COCCC1(S(=O)(=O)NCc2ncc(C(=O)O)n2C)CC1. The molecule has 0 aliphatic heterocycles. The molecule has 1 heterocycles. The number of carboxylic acid groups (broad SMARTS) is 1. The Bertz CT molecular complexity index is 633. The van der Waals surface area contributed by atoms with Gasteiger partial charge in [0, 0.05) is 20.8 Å².